The van der Waals surface area contributed by atoms with Gasteiger partial charge in [0, 0.05) is 24.3 Å². The van der Waals surface area contributed by atoms with Crippen molar-refractivity contribution >= 4 is 17.3 Å². The Morgan fingerprint density at radius 3 is 2.84 bits per heavy atom. The van der Waals surface area contributed by atoms with Crippen LogP contribution in [0, 0.1) is 0 Å². The molecule has 2 heterocycles. The third kappa shape index (κ3) is 3.59. The maximum absolute atomic E-state index is 10.7. The number of carboxylic acids is 1. The third-order valence-electron chi connectivity index (χ3n) is 2.76. The minimum atomic E-state index is -0.957. The summed E-state index contributed by atoms with van der Waals surface area (Å²) in [6, 6.07) is 3.50. The second-order valence-corrected chi connectivity index (χ2v) is 4.98. The lowest BCUT2D eigenvalue weighted by molar-refractivity contribution is 0.0696. The SMILES string of the molecule is CCC(NCc1ccc(C(=O)O)cn1)c1nccs1. The highest BCUT2D eigenvalue weighted by Crippen LogP contribution is 2.19. The molecule has 5 nitrogen and oxygen atoms in total. The van der Waals surface area contributed by atoms with Crippen molar-refractivity contribution in [1.29, 1.82) is 0 Å². The zero-order valence-corrected chi connectivity index (χ0v) is 11.4. The number of nitrogens with one attached hydrogen (secondary N) is 1. The van der Waals surface area contributed by atoms with Crippen LogP contribution in [0.4, 0.5) is 0 Å². The fraction of sp³-hybridized carbons (Fsp3) is 0.308. The van der Waals surface area contributed by atoms with Gasteiger partial charge in [-0.2, -0.15) is 0 Å². The Bertz CT molecular complexity index is 525. The molecule has 0 saturated carbocycles. The van der Waals surface area contributed by atoms with Gasteiger partial charge >= 0.3 is 5.97 Å². The molecule has 0 bridgehead atoms. The van der Waals surface area contributed by atoms with Crippen LogP contribution in [0.5, 0.6) is 0 Å². The predicted molar refractivity (Wildman–Crippen MR) is 73.2 cm³/mol. The van der Waals surface area contributed by atoms with Crippen molar-refractivity contribution in [2.45, 2.75) is 25.9 Å². The molecule has 0 amide bonds. The zero-order valence-electron chi connectivity index (χ0n) is 10.5. The van der Waals surface area contributed by atoms with Gasteiger partial charge in [0.25, 0.3) is 0 Å². The Kier molecular flexibility index (Phi) is 4.59. The molecule has 0 aliphatic carbocycles. The average Bonchev–Trinajstić information content (AvgIpc) is 2.94. The molecule has 2 rings (SSSR count). The zero-order chi connectivity index (χ0) is 13.7. The summed E-state index contributed by atoms with van der Waals surface area (Å²) >= 11 is 1.63. The summed E-state index contributed by atoms with van der Waals surface area (Å²) in [4.78, 5) is 19.1. The van der Waals surface area contributed by atoms with Gasteiger partial charge in [0.15, 0.2) is 0 Å². The van der Waals surface area contributed by atoms with Gasteiger partial charge in [-0.15, -0.1) is 11.3 Å². The maximum Gasteiger partial charge on any atom is 0.337 e. The number of thiazole rings is 1. The number of rotatable bonds is 6. The van der Waals surface area contributed by atoms with Crippen molar-refractivity contribution in [1.82, 2.24) is 15.3 Å². The van der Waals surface area contributed by atoms with Crippen LogP contribution in [0.25, 0.3) is 0 Å². The summed E-state index contributed by atoms with van der Waals surface area (Å²) in [6.07, 6.45) is 4.12. The minimum Gasteiger partial charge on any atom is -0.478 e. The quantitative estimate of drug-likeness (QED) is 0.848. The summed E-state index contributed by atoms with van der Waals surface area (Å²) in [5.41, 5.74) is 1.02. The van der Waals surface area contributed by atoms with Crippen LogP contribution in [-0.4, -0.2) is 21.0 Å². The Morgan fingerprint density at radius 2 is 2.32 bits per heavy atom. The Balaban J connectivity index is 1.96. The van der Waals surface area contributed by atoms with E-state index in [9.17, 15) is 4.79 Å². The first-order chi connectivity index (χ1) is 9.20. The van der Waals surface area contributed by atoms with Crippen molar-refractivity contribution in [3.63, 3.8) is 0 Å². The van der Waals surface area contributed by atoms with E-state index in [1.807, 2.05) is 5.38 Å². The van der Waals surface area contributed by atoms with Gasteiger partial charge in [-0.1, -0.05) is 6.92 Å². The molecule has 100 valence electrons. The van der Waals surface area contributed by atoms with Gasteiger partial charge in [0.05, 0.1) is 17.3 Å². The molecule has 0 aliphatic rings. The first-order valence-corrected chi connectivity index (χ1v) is 6.89. The topological polar surface area (TPSA) is 75.1 Å². The molecule has 0 aromatic carbocycles. The normalized spacial score (nSPS) is 12.3. The van der Waals surface area contributed by atoms with E-state index in [0.29, 0.717) is 6.54 Å². The van der Waals surface area contributed by atoms with Crippen LogP contribution in [0.2, 0.25) is 0 Å². The Morgan fingerprint density at radius 1 is 1.47 bits per heavy atom. The van der Waals surface area contributed by atoms with E-state index in [1.165, 1.54) is 6.20 Å². The summed E-state index contributed by atoms with van der Waals surface area (Å²) in [5.74, 6) is -0.957. The fourth-order valence-corrected chi connectivity index (χ4v) is 2.49. The first-order valence-electron chi connectivity index (χ1n) is 6.01. The molecule has 2 N–H and O–H groups in total. The number of aromatic carboxylic acids is 1. The summed E-state index contributed by atoms with van der Waals surface area (Å²) in [5, 5.41) is 15.2. The van der Waals surface area contributed by atoms with Gasteiger partial charge in [-0.25, -0.2) is 9.78 Å². The Hall–Kier alpha value is -1.79. The molecule has 6 heteroatoms. The van der Waals surface area contributed by atoms with Crippen LogP contribution in [0.1, 0.15) is 40.4 Å². The molecule has 0 saturated heterocycles. The number of nitrogens with zero attached hydrogens (tertiary/aromatic N) is 2. The standard InChI is InChI=1S/C13H15N3O2S/c1-2-11(12-14-5-6-19-12)16-8-10-4-3-9(7-15-10)13(17)18/h3-7,11,16H,2,8H2,1H3,(H,17,18). The molecule has 0 spiro atoms. The highest BCUT2D eigenvalue weighted by atomic mass is 32.1. The average molecular weight is 277 g/mol. The molecule has 19 heavy (non-hydrogen) atoms. The molecule has 0 fully saturated rings. The smallest absolute Gasteiger partial charge is 0.337 e. The number of carbonyl (C=O) groups is 1. The summed E-state index contributed by atoms with van der Waals surface area (Å²) in [7, 11) is 0. The van der Waals surface area contributed by atoms with E-state index in [1.54, 1.807) is 29.7 Å². The Labute approximate surface area is 115 Å². The van der Waals surface area contributed by atoms with E-state index in [0.717, 1.165) is 17.1 Å². The molecule has 1 unspecified atom stereocenters. The van der Waals surface area contributed by atoms with Crippen molar-refractivity contribution in [3.05, 3.63) is 46.2 Å². The van der Waals surface area contributed by atoms with Gasteiger partial charge < -0.3 is 10.4 Å². The number of carboxylic acid groups (broad SMARTS) is 1. The lowest BCUT2D eigenvalue weighted by atomic mass is 10.2. The van der Waals surface area contributed by atoms with Crippen LogP contribution < -0.4 is 5.32 Å². The van der Waals surface area contributed by atoms with Crippen molar-refractivity contribution < 1.29 is 9.90 Å². The third-order valence-corrected chi connectivity index (χ3v) is 3.65. The minimum absolute atomic E-state index is 0.204. The van der Waals surface area contributed by atoms with Gasteiger partial charge in [0.2, 0.25) is 0 Å². The molecular weight excluding hydrogens is 262 g/mol. The fourth-order valence-electron chi connectivity index (χ4n) is 1.70. The highest BCUT2D eigenvalue weighted by Gasteiger charge is 2.11. The van der Waals surface area contributed by atoms with Crippen molar-refractivity contribution in [2.75, 3.05) is 0 Å². The first kappa shape index (κ1) is 13.6. The van der Waals surface area contributed by atoms with Crippen molar-refractivity contribution in [3.8, 4) is 0 Å². The van der Waals surface area contributed by atoms with E-state index >= 15 is 0 Å². The number of pyridine rings is 1. The van der Waals surface area contributed by atoms with E-state index in [2.05, 4.69) is 22.2 Å². The van der Waals surface area contributed by atoms with Crippen LogP contribution >= 0.6 is 11.3 Å². The lowest BCUT2D eigenvalue weighted by Crippen LogP contribution is -2.20. The van der Waals surface area contributed by atoms with E-state index in [4.69, 9.17) is 5.11 Å². The van der Waals surface area contributed by atoms with Crippen LogP contribution in [-0.2, 0) is 6.54 Å². The van der Waals surface area contributed by atoms with Crippen LogP contribution in [0.15, 0.2) is 29.9 Å². The van der Waals surface area contributed by atoms with Gasteiger partial charge in [-0.3, -0.25) is 4.98 Å². The molecule has 1 atom stereocenters. The van der Waals surface area contributed by atoms with Gasteiger partial charge in [0.1, 0.15) is 5.01 Å². The molecule has 0 aliphatic heterocycles. The monoisotopic (exact) mass is 277 g/mol. The molecule has 2 aromatic heterocycles. The molecular formula is C13H15N3O2S. The second-order valence-electron chi connectivity index (χ2n) is 4.06. The highest BCUT2D eigenvalue weighted by molar-refractivity contribution is 7.09. The number of hydrogen-bond donors (Lipinski definition) is 2. The predicted octanol–water partition coefficient (Wildman–Crippen LogP) is 2.48. The van der Waals surface area contributed by atoms with Crippen LogP contribution in [0.3, 0.4) is 0 Å². The van der Waals surface area contributed by atoms with E-state index in [-0.39, 0.29) is 11.6 Å². The maximum atomic E-state index is 10.7. The number of aromatic nitrogens is 2. The molecule has 2 aromatic rings. The van der Waals surface area contributed by atoms with Gasteiger partial charge in [-0.05, 0) is 18.6 Å². The summed E-state index contributed by atoms with van der Waals surface area (Å²) in [6.45, 7) is 2.69. The second kappa shape index (κ2) is 6.40. The largest absolute Gasteiger partial charge is 0.478 e. The summed E-state index contributed by atoms with van der Waals surface area (Å²) < 4.78 is 0. The van der Waals surface area contributed by atoms with Crippen molar-refractivity contribution in [2.24, 2.45) is 0 Å². The van der Waals surface area contributed by atoms with E-state index < -0.39 is 5.97 Å². The molecule has 0 radical (unpaired) electrons. The lowest BCUT2D eigenvalue weighted by Gasteiger charge is -2.13. The number of hydrogen-bond acceptors (Lipinski definition) is 5.